The Kier molecular flexibility index (Phi) is 5.87. The van der Waals surface area contributed by atoms with E-state index in [2.05, 4.69) is 9.88 Å². The van der Waals surface area contributed by atoms with Crippen LogP contribution in [-0.4, -0.2) is 39.3 Å². The van der Waals surface area contributed by atoms with E-state index in [1.165, 1.54) is 0 Å². The number of hydrogen-bond donors (Lipinski definition) is 2. The SMILES string of the molecule is CC(CO)N(Cc1ccccc1)CC(O)c1ccccn1. The van der Waals surface area contributed by atoms with Crippen molar-refractivity contribution in [1.82, 2.24) is 9.88 Å². The number of aromatic nitrogens is 1. The summed E-state index contributed by atoms with van der Waals surface area (Å²) in [6, 6.07) is 15.5. The Morgan fingerprint density at radius 2 is 1.81 bits per heavy atom. The first-order valence-corrected chi connectivity index (χ1v) is 7.18. The molecule has 0 radical (unpaired) electrons. The molecular formula is C17H22N2O2. The van der Waals surface area contributed by atoms with E-state index in [0.717, 1.165) is 5.56 Å². The van der Waals surface area contributed by atoms with Gasteiger partial charge in [-0.15, -0.1) is 0 Å². The Morgan fingerprint density at radius 1 is 1.10 bits per heavy atom. The molecule has 2 rings (SSSR count). The first kappa shape index (κ1) is 15.6. The molecule has 0 aliphatic heterocycles. The normalized spacial score (nSPS) is 14.1. The largest absolute Gasteiger partial charge is 0.395 e. The van der Waals surface area contributed by atoms with Gasteiger partial charge in [-0.1, -0.05) is 36.4 Å². The van der Waals surface area contributed by atoms with Crippen LogP contribution in [0.15, 0.2) is 54.7 Å². The predicted octanol–water partition coefficient (Wildman–Crippen LogP) is 2.00. The Hall–Kier alpha value is -1.75. The van der Waals surface area contributed by atoms with Crippen molar-refractivity contribution in [3.05, 3.63) is 66.0 Å². The van der Waals surface area contributed by atoms with Crippen molar-refractivity contribution >= 4 is 0 Å². The molecule has 0 amide bonds. The van der Waals surface area contributed by atoms with Crippen molar-refractivity contribution < 1.29 is 10.2 Å². The molecule has 1 aromatic heterocycles. The Bertz CT molecular complexity index is 519. The summed E-state index contributed by atoms with van der Waals surface area (Å²) < 4.78 is 0. The highest BCUT2D eigenvalue weighted by molar-refractivity contribution is 5.15. The van der Waals surface area contributed by atoms with Crippen molar-refractivity contribution in [3.63, 3.8) is 0 Å². The van der Waals surface area contributed by atoms with Gasteiger partial charge < -0.3 is 10.2 Å². The molecule has 4 nitrogen and oxygen atoms in total. The van der Waals surface area contributed by atoms with Gasteiger partial charge in [0.1, 0.15) is 6.10 Å². The molecular weight excluding hydrogens is 264 g/mol. The van der Waals surface area contributed by atoms with Crippen LogP contribution in [0.3, 0.4) is 0 Å². The van der Waals surface area contributed by atoms with Crippen molar-refractivity contribution in [2.24, 2.45) is 0 Å². The summed E-state index contributed by atoms with van der Waals surface area (Å²) in [5.41, 5.74) is 1.81. The molecule has 0 bridgehead atoms. The van der Waals surface area contributed by atoms with E-state index in [9.17, 15) is 10.2 Å². The minimum Gasteiger partial charge on any atom is -0.395 e. The summed E-state index contributed by atoms with van der Waals surface area (Å²) in [5, 5.41) is 19.8. The Morgan fingerprint density at radius 3 is 2.43 bits per heavy atom. The van der Waals surface area contributed by atoms with E-state index < -0.39 is 6.10 Å². The zero-order valence-corrected chi connectivity index (χ0v) is 12.3. The van der Waals surface area contributed by atoms with Crippen LogP contribution in [0.1, 0.15) is 24.3 Å². The van der Waals surface area contributed by atoms with E-state index in [1.807, 2.05) is 55.5 Å². The second kappa shape index (κ2) is 7.88. The van der Waals surface area contributed by atoms with Gasteiger partial charge in [0.15, 0.2) is 0 Å². The molecule has 2 unspecified atom stereocenters. The highest BCUT2D eigenvalue weighted by Crippen LogP contribution is 2.15. The van der Waals surface area contributed by atoms with Gasteiger partial charge in [0.2, 0.25) is 0 Å². The summed E-state index contributed by atoms with van der Waals surface area (Å²) in [4.78, 5) is 6.25. The summed E-state index contributed by atoms with van der Waals surface area (Å²) in [6.07, 6.45) is 1.01. The molecule has 1 aromatic carbocycles. The van der Waals surface area contributed by atoms with Gasteiger partial charge in [-0.25, -0.2) is 0 Å². The summed E-state index contributed by atoms with van der Waals surface area (Å²) in [5.74, 6) is 0. The van der Waals surface area contributed by atoms with Crippen molar-refractivity contribution in [2.45, 2.75) is 25.6 Å². The van der Waals surface area contributed by atoms with Crippen LogP contribution < -0.4 is 0 Å². The maximum atomic E-state index is 10.3. The van der Waals surface area contributed by atoms with E-state index >= 15 is 0 Å². The zero-order chi connectivity index (χ0) is 15.1. The lowest BCUT2D eigenvalue weighted by Gasteiger charge is -2.29. The van der Waals surface area contributed by atoms with Crippen LogP contribution in [0.4, 0.5) is 0 Å². The van der Waals surface area contributed by atoms with Gasteiger partial charge in [0.05, 0.1) is 12.3 Å². The summed E-state index contributed by atoms with van der Waals surface area (Å²) >= 11 is 0. The molecule has 0 spiro atoms. The van der Waals surface area contributed by atoms with Crippen LogP contribution in [0.5, 0.6) is 0 Å². The van der Waals surface area contributed by atoms with Crippen LogP contribution in [0.25, 0.3) is 0 Å². The van der Waals surface area contributed by atoms with Crippen molar-refractivity contribution in [2.75, 3.05) is 13.2 Å². The molecule has 2 aromatic rings. The molecule has 0 saturated heterocycles. The quantitative estimate of drug-likeness (QED) is 0.817. The predicted molar refractivity (Wildman–Crippen MR) is 82.6 cm³/mol. The first-order valence-electron chi connectivity index (χ1n) is 7.18. The summed E-state index contributed by atoms with van der Waals surface area (Å²) in [7, 11) is 0. The number of hydrogen-bond acceptors (Lipinski definition) is 4. The molecule has 21 heavy (non-hydrogen) atoms. The highest BCUT2D eigenvalue weighted by Gasteiger charge is 2.19. The molecule has 2 N–H and O–H groups in total. The lowest BCUT2D eigenvalue weighted by Crippen LogP contribution is -2.38. The molecule has 1 heterocycles. The number of nitrogens with zero attached hydrogens (tertiary/aromatic N) is 2. The third-order valence-corrected chi connectivity index (χ3v) is 3.55. The number of aliphatic hydroxyl groups is 2. The fourth-order valence-corrected chi connectivity index (χ4v) is 2.22. The topological polar surface area (TPSA) is 56.6 Å². The molecule has 112 valence electrons. The maximum Gasteiger partial charge on any atom is 0.109 e. The molecule has 0 saturated carbocycles. The van der Waals surface area contributed by atoms with Gasteiger partial charge in [0.25, 0.3) is 0 Å². The Balaban J connectivity index is 2.06. The van der Waals surface area contributed by atoms with Gasteiger partial charge in [-0.3, -0.25) is 9.88 Å². The van der Waals surface area contributed by atoms with Crippen LogP contribution in [-0.2, 0) is 6.54 Å². The van der Waals surface area contributed by atoms with E-state index in [1.54, 1.807) is 6.20 Å². The number of pyridine rings is 1. The van der Waals surface area contributed by atoms with E-state index in [-0.39, 0.29) is 12.6 Å². The van der Waals surface area contributed by atoms with Gasteiger partial charge in [0, 0.05) is 25.3 Å². The van der Waals surface area contributed by atoms with Gasteiger partial charge in [-0.2, -0.15) is 0 Å². The monoisotopic (exact) mass is 286 g/mol. The van der Waals surface area contributed by atoms with Crippen molar-refractivity contribution in [3.8, 4) is 0 Å². The molecule has 2 atom stereocenters. The van der Waals surface area contributed by atoms with Gasteiger partial charge >= 0.3 is 0 Å². The van der Waals surface area contributed by atoms with Crippen LogP contribution in [0, 0.1) is 0 Å². The number of aliphatic hydroxyl groups excluding tert-OH is 2. The van der Waals surface area contributed by atoms with Crippen LogP contribution >= 0.6 is 0 Å². The average molecular weight is 286 g/mol. The first-order chi connectivity index (χ1) is 10.2. The lowest BCUT2D eigenvalue weighted by molar-refractivity contribution is 0.0615. The fraction of sp³-hybridized carbons (Fsp3) is 0.353. The smallest absolute Gasteiger partial charge is 0.109 e. The van der Waals surface area contributed by atoms with Crippen LogP contribution in [0.2, 0.25) is 0 Å². The van der Waals surface area contributed by atoms with E-state index in [4.69, 9.17) is 0 Å². The second-order valence-electron chi connectivity index (χ2n) is 5.22. The third-order valence-electron chi connectivity index (χ3n) is 3.55. The van der Waals surface area contributed by atoms with Crippen molar-refractivity contribution in [1.29, 1.82) is 0 Å². The summed E-state index contributed by atoms with van der Waals surface area (Å²) in [6.45, 7) is 3.13. The molecule has 0 aliphatic rings. The number of benzene rings is 1. The average Bonchev–Trinajstić information content (AvgIpc) is 2.55. The number of rotatable bonds is 7. The lowest BCUT2D eigenvalue weighted by atomic mass is 10.1. The second-order valence-corrected chi connectivity index (χ2v) is 5.22. The molecule has 4 heteroatoms. The molecule has 0 fully saturated rings. The third kappa shape index (κ3) is 4.63. The minimum absolute atomic E-state index is 0.0245. The standard InChI is InChI=1S/C17H22N2O2/c1-14(13-20)19(11-15-7-3-2-4-8-15)12-17(21)16-9-5-6-10-18-16/h2-10,14,17,20-21H,11-13H2,1H3. The van der Waals surface area contributed by atoms with E-state index in [0.29, 0.717) is 18.8 Å². The Labute approximate surface area is 125 Å². The zero-order valence-electron chi connectivity index (χ0n) is 12.3. The maximum absolute atomic E-state index is 10.3. The van der Waals surface area contributed by atoms with Gasteiger partial charge in [-0.05, 0) is 24.6 Å². The highest BCUT2D eigenvalue weighted by atomic mass is 16.3. The fourth-order valence-electron chi connectivity index (χ4n) is 2.22. The molecule has 0 aliphatic carbocycles. The minimum atomic E-state index is -0.663.